The molecule has 26 heavy (non-hydrogen) atoms. The van der Waals surface area contributed by atoms with Crippen LogP contribution in [-0.4, -0.2) is 37.7 Å². The van der Waals surface area contributed by atoms with Crippen LogP contribution in [0, 0.1) is 0 Å². The number of aromatic nitrogens is 2. The third-order valence-electron chi connectivity index (χ3n) is 4.40. The number of hydrogen-bond acceptors (Lipinski definition) is 5. The molecule has 0 unspecified atom stereocenters. The number of benzene rings is 1. The molecule has 2 aromatic rings. The first-order chi connectivity index (χ1) is 12.5. The van der Waals surface area contributed by atoms with Crippen molar-refractivity contribution in [3.63, 3.8) is 0 Å². The van der Waals surface area contributed by atoms with Crippen LogP contribution < -0.4 is 14.8 Å². The number of ether oxygens (including phenoxy) is 1. The Morgan fingerprint density at radius 1 is 1.19 bits per heavy atom. The molecule has 1 heterocycles. The summed E-state index contributed by atoms with van der Waals surface area (Å²) >= 11 is 0. The van der Waals surface area contributed by atoms with Crippen LogP contribution in [-0.2, 0) is 10.0 Å². The molecule has 3 rings (SSSR count). The smallest absolute Gasteiger partial charge is 0.279 e. The van der Waals surface area contributed by atoms with E-state index in [4.69, 9.17) is 4.74 Å². The maximum atomic E-state index is 12.6. The van der Waals surface area contributed by atoms with E-state index < -0.39 is 15.9 Å². The van der Waals surface area contributed by atoms with E-state index >= 15 is 0 Å². The molecular weight excluding hydrogens is 356 g/mol. The Hall–Kier alpha value is -2.55. The molecule has 0 aliphatic heterocycles. The molecule has 140 valence electrons. The van der Waals surface area contributed by atoms with E-state index in [9.17, 15) is 13.2 Å². The van der Waals surface area contributed by atoms with Gasteiger partial charge in [0.05, 0.1) is 18.9 Å². The van der Waals surface area contributed by atoms with Gasteiger partial charge in [-0.3, -0.25) is 14.6 Å². The minimum absolute atomic E-state index is 0.0107. The van der Waals surface area contributed by atoms with E-state index in [0.29, 0.717) is 11.4 Å². The van der Waals surface area contributed by atoms with Crippen molar-refractivity contribution in [2.24, 2.45) is 0 Å². The van der Waals surface area contributed by atoms with Gasteiger partial charge >= 0.3 is 0 Å². The van der Waals surface area contributed by atoms with E-state index in [1.807, 2.05) is 0 Å². The Morgan fingerprint density at radius 3 is 2.54 bits per heavy atom. The van der Waals surface area contributed by atoms with Crippen molar-refractivity contribution in [2.45, 2.75) is 43.2 Å². The molecule has 0 bridgehead atoms. The molecular formula is C17H22N4O4S. The quantitative estimate of drug-likeness (QED) is 0.714. The molecule has 1 saturated carbocycles. The van der Waals surface area contributed by atoms with Crippen molar-refractivity contribution in [3.8, 4) is 5.75 Å². The van der Waals surface area contributed by atoms with E-state index in [1.165, 1.54) is 19.7 Å². The molecule has 3 N–H and O–H groups in total. The maximum Gasteiger partial charge on any atom is 0.279 e. The zero-order chi connectivity index (χ0) is 18.6. The lowest BCUT2D eigenvalue weighted by Gasteiger charge is -2.22. The highest BCUT2D eigenvalue weighted by Gasteiger charge is 2.27. The fourth-order valence-electron chi connectivity index (χ4n) is 3.02. The molecule has 0 atom stereocenters. The molecule has 1 aliphatic carbocycles. The summed E-state index contributed by atoms with van der Waals surface area (Å²) in [5.74, 6) is 0.183. The molecule has 1 fully saturated rings. The number of H-pyrrole nitrogens is 1. The summed E-state index contributed by atoms with van der Waals surface area (Å²) in [5.41, 5.74) is 0.371. The zero-order valence-corrected chi connectivity index (χ0v) is 15.3. The van der Waals surface area contributed by atoms with Crippen molar-refractivity contribution < 1.29 is 17.9 Å². The van der Waals surface area contributed by atoms with Gasteiger partial charge in [0.15, 0.2) is 5.03 Å². The number of nitrogens with one attached hydrogen (secondary N) is 3. The number of rotatable bonds is 6. The van der Waals surface area contributed by atoms with Gasteiger partial charge in [0.1, 0.15) is 5.75 Å². The average molecular weight is 378 g/mol. The second-order valence-electron chi connectivity index (χ2n) is 6.26. The summed E-state index contributed by atoms with van der Waals surface area (Å²) in [5, 5.41) is 8.82. The number of carbonyl (C=O) groups excluding carboxylic acids is 1. The third-order valence-corrected chi connectivity index (χ3v) is 5.75. The Balaban J connectivity index is 1.75. The number of carbonyl (C=O) groups is 1. The average Bonchev–Trinajstić information content (AvgIpc) is 3.14. The number of amides is 1. The standard InChI is InChI=1S/C17H22N4O4S/c1-25-14-9-7-13(8-10-14)21-26(23,24)17-15(11-18-20-17)16(22)19-12-5-3-2-4-6-12/h7-12,21H,2-6H2,1H3,(H,18,20)(H,19,22). The topological polar surface area (TPSA) is 113 Å². The molecule has 1 aromatic carbocycles. The van der Waals surface area contributed by atoms with E-state index in [1.54, 1.807) is 24.3 Å². The molecule has 8 nitrogen and oxygen atoms in total. The van der Waals surface area contributed by atoms with Crippen molar-refractivity contribution in [1.82, 2.24) is 15.5 Å². The van der Waals surface area contributed by atoms with Crippen LogP contribution in [0.3, 0.4) is 0 Å². The fraction of sp³-hybridized carbons (Fsp3) is 0.412. The highest BCUT2D eigenvalue weighted by Crippen LogP contribution is 2.21. The second-order valence-corrected chi connectivity index (χ2v) is 7.87. The summed E-state index contributed by atoms with van der Waals surface area (Å²) in [6.07, 6.45) is 6.37. The number of anilines is 1. The van der Waals surface area contributed by atoms with Crippen LogP contribution in [0.5, 0.6) is 5.75 Å². The maximum absolute atomic E-state index is 12.6. The van der Waals surface area contributed by atoms with Crippen LogP contribution in [0.4, 0.5) is 5.69 Å². The predicted octanol–water partition coefficient (Wildman–Crippen LogP) is 2.28. The van der Waals surface area contributed by atoms with Crippen LogP contribution in [0.2, 0.25) is 0 Å². The Morgan fingerprint density at radius 2 is 1.88 bits per heavy atom. The van der Waals surface area contributed by atoms with E-state index in [2.05, 4.69) is 20.2 Å². The summed E-state index contributed by atoms with van der Waals surface area (Å²) in [4.78, 5) is 12.5. The van der Waals surface area contributed by atoms with Gasteiger partial charge in [-0.2, -0.15) is 13.5 Å². The first kappa shape index (κ1) is 18.2. The highest BCUT2D eigenvalue weighted by atomic mass is 32.2. The number of nitrogens with zero attached hydrogens (tertiary/aromatic N) is 1. The highest BCUT2D eigenvalue weighted by molar-refractivity contribution is 7.92. The second kappa shape index (κ2) is 7.77. The number of sulfonamides is 1. The largest absolute Gasteiger partial charge is 0.497 e. The van der Waals surface area contributed by atoms with Gasteiger partial charge in [0.25, 0.3) is 15.9 Å². The summed E-state index contributed by atoms with van der Waals surface area (Å²) in [6, 6.07) is 6.52. The molecule has 1 amide bonds. The summed E-state index contributed by atoms with van der Waals surface area (Å²) < 4.78 is 32.8. The van der Waals surface area contributed by atoms with Gasteiger partial charge in [-0.15, -0.1) is 0 Å². The van der Waals surface area contributed by atoms with Crippen molar-refractivity contribution in [1.29, 1.82) is 0 Å². The monoisotopic (exact) mass is 378 g/mol. The Labute approximate surface area is 152 Å². The van der Waals surface area contributed by atoms with Crippen molar-refractivity contribution in [2.75, 3.05) is 11.8 Å². The number of methoxy groups -OCH3 is 1. The third kappa shape index (κ3) is 4.16. The van der Waals surface area contributed by atoms with Gasteiger partial charge in [-0.1, -0.05) is 19.3 Å². The SMILES string of the molecule is COc1ccc(NS(=O)(=O)c2[nH]ncc2C(=O)NC2CCCCC2)cc1. The van der Waals surface area contributed by atoms with Gasteiger partial charge < -0.3 is 10.1 Å². The molecule has 1 aliphatic rings. The van der Waals surface area contributed by atoms with Crippen molar-refractivity contribution >= 4 is 21.6 Å². The normalized spacial score (nSPS) is 15.4. The first-order valence-electron chi connectivity index (χ1n) is 8.51. The van der Waals surface area contributed by atoms with Gasteiger partial charge in [-0.25, -0.2) is 0 Å². The predicted molar refractivity (Wildman–Crippen MR) is 96.7 cm³/mol. The zero-order valence-electron chi connectivity index (χ0n) is 14.5. The van der Waals surface area contributed by atoms with E-state index in [0.717, 1.165) is 25.7 Å². The molecule has 0 saturated heterocycles. The number of hydrogen-bond donors (Lipinski definition) is 3. The van der Waals surface area contributed by atoms with Gasteiger partial charge in [-0.05, 0) is 37.1 Å². The molecule has 1 aromatic heterocycles. The summed E-state index contributed by atoms with van der Waals surface area (Å²) in [7, 11) is -2.45. The Bertz CT molecular complexity index is 855. The van der Waals surface area contributed by atoms with Gasteiger partial charge in [0.2, 0.25) is 0 Å². The van der Waals surface area contributed by atoms with Crippen LogP contribution in [0.1, 0.15) is 42.5 Å². The molecule has 0 radical (unpaired) electrons. The lowest BCUT2D eigenvalue weighted by atomic mass is 9.95. The van der Waals surface area contributed by atoms with E-state index in [-0.39, 0.29) is 16.6 Å². The number of aromatic amines is 1. The lowest BCUT2D eigenvalue weighted by molar-refractivity contribution is 0.0924. The van der Waals surface area contributed by atoms with Gasteiger partial charge in [0, 0.05) is 11.7 Å². The summed E-state index contributed by atoms with van der Waals surface area (Å²) in [6.45, 7) is 0. The minimum Gasteiger partial charge on any atom is -0.497 e. The Kier molecular flexibility index (Phi) is 5.46. The fourth-order valence-corrected chi connectivity index (χ4v) is 4.17. The first-order valence-corrected chi connectivity index (χ1v) is 9.99. The minimum atomic E-state index is -3.98. The van der Waals surface area contributed by atoms with Crippen LogP contribution in [0.25, 0.3) is 0 Å². The lowest BCUT2D eigenvalue weighted by Crippen LogP contribution is -2.36. The van der Waals surface area contributed by atoms with Crippen LogP contribution >= 0.6 is 0 Å². The molecule has 9 heteroatoms. The van der Waals surface area contributed by atoms with Crippen LogP contribution in [0.15, 0.2) is 35.5 Å². The van der Waals surface area contributed by atoms with Crippen molar-refractivity contribution in [3.05, 3.63) is 36.0 Å². The molecule has 0 spiro atoms.